The molecule has 0 atom stereocenters. The average molecular weight is 238 g/mol. The van der Waals surface area contributed by atoms with Crippen LogP contribution in [0.15, 0.2) is 46.5 Å². The van der Waals surface area contributed by atoms with Crippen LogP contribution in [0.4, 0.5) is 5.95 Å². The summed E-state index contributed by atoms with van der Waals surface area (Å²) < 4.78 is 0. The lowest BCUT2D eigenvalue weighted by atomic mass is 10.4. The zero-order valence-corrected chi connectivity index (χ0v) is 9.29. The van der Waals surface area contributed by atoms with Gasteiger partial charge in [-0.05, 0) is 24.3 Å². The Bertz CT molecular complexity index is 398. The quantitative estimate of drug-likeness (QED) is 0.873. The summed E-state index contributed by atoms with van der Waals surface area (Å²) in [6.45, 7) is 0. The fourth-order valence-corrected chi connectivity index (χ4v) is 1.90. The molecular weight excluding hydrogens is 230 g/mol. The maximum atomic E-state index is 5.78. The minimum Gasteiger partial charge on any atom is -0.368 e. The minimum atomic E-state index is 0.287. The molecule has 0 saturated carbocycles. The monoisotopic (exact) mass is 237 g/mol. The van der Waals surface area contributed by atoms with Gasteiger partial charge in [-0.15, -0.1) is 0 Å². The molecule has 0 fully saturated rings. The third-order valence-electron chi connectivity index (χ3n) is 1.70. The highest BCUT2D eigenvalue weighted by Gasteiger charge is 1.98. The van der Waals surface area contributed by atoms with Crippen molar-refractivity contribution in [2.75, 3.05) is 5.73 Å². The molecule has 15 heavy (non-hydrogen) atoms. The number of nitrogens with two attached hydrogens (primary N) is 1. The van der Waals surface area contributed by atoms with E-state index in [1.807, 2.05) is 24.3 Å². The van der Waals surface area contributed by atoms with Crippen LogP contribution >= 0.6 is 23.4 Å². The SMILES string of the molecule is Nc1ncc(Sc2ccc(Cl)cc2)cn1. The fourth-order valence-electron chi connectivity index (χ4n) is 1.02. The number of nitrogen functional groups attached to an aromatic ring is 1. The molecule has 5 heteroatoms. The lowest BCUT2D eigenvalue weighted by Gasteiger charge is -2.00. The number of hydrogen-bond acceptors (Lipinski definition) is 4. The molecule has 0 bridgehead atoms. The molecular formula is C10H8ClN3S. The second kappa shape index (κ2) is 4.51. The summed E-state index contributed by atoms with van der Waals surface area (Å²) in [7, 11) is 0. The van der Waals surface area contributed by atoms with E-state index in [0.717, 1.165) is 14.8 Å². The third kappa shape index (κ3) is 2.84. The van der Waals surface area contributed by atoms with E-state index >= 15 is 0 Å². The molecule has 1 heterocycles. The first-order valence-electron chi connectivity index (χ1n) is 4.25. The van der Waals surface area contributed by atoms with E-state index in [9.17, 15) is 0 Å². The minimum absolute atomic E-state index is 0.287. The molecule has 3 nitrogen and oxygen atoms in total. The van der Waals surface area contributed by atoms with Gasteiger partial charge in [-0.3, -0.25) is 0 Å². The van der Waals surface area contributed by atoms with E-state index in [1.54, 1.807) is 24.2 Å². The molecule has 2 N–H and O–H groups in total. The molecule has 0 saturated heterocycles. The van der Waals surface area contributed by atoms with Crippen molar-refractivity contribution < 1.29 is 0 Å². The number of halogens is 1. The first-order chi connectivity index (χ1) is 7.24. The lowest BCUT2D eigenvalue weighted by Crippen LogP contribution is -1.92. The van der Waals surface area contributed by atoms with Crippen LogP contribution in [-0.4, -0.2) is 9.97 Å². The summed E-state index contributed by atoms with van der Waals surface area (Å²) in [5, 5.41) is 0.730. The number of rotatable bonds is 2. The van der Waals surface area contributed by atoms with Crippen LogP contribution in [-0.2, 0) is 0 Å². The third-order valence-corrected chi connectivity index (χ3v) is 2.90. The van der Waals surface area contributed by atoms with E-state index in [4.69, 9.17) is 17.3 Å². The highest BCUT2D eigenvalue weighted by atomic mass is 35.5. The van der Waals surface area contributed by atoms with Gasteiger partial charge in [0, 0.05) is 27.2 Å². The highest BCUT2D eigenvalue weighted by Crippen LogP contribution is 2.27. The molecule has 76 valence electrons. The fraction of sp³-hybridized carbons (Fsp3) is 0. The smallest absolute Gasteiger partial charge is 0.219 e. The summed E-state index contributed by atoms with van der Waals surface area (Å²) in [6.07, 6.45) is 3.39. The largest absolute Gasteiger partial charge is 0.368 e. The highest BCUT2D eigenvalue weighted by molar-refractivity contribution is 7.99. The second-order valence-electron chi connectivity index (χ2n) is 2.83. The normalized spacial score (nSPS) is 10.2. The van der Waals surface area contributed by atoms with E-state index in [0.29, 0.717) is 0 Å². The lowest BCUT2D eigenvalue weighted by molar-refractivity contribution is 1.11. The van der Waals surface area contributed by atoms with E-state index in [-0.39, 0.29) is 5.95 Å². The summed E-state index contributed by atoms with van der Waals surface area (Å²) >= 11 is 7.35. The molecule has 0 amide bonds. The Kier molecular flexibility index (Phi) is 3.08. The van der Waals surface area contributed by atoms with Gasteiger partial charge in [-0.1, -0.05) is 23.4 Å². The predicted octanol–water partition coefficient (Wildman–Crippen LogP) is 2.86. The Hall–Kier alpha value is -1.26. The van der Waals surface area contributed by atoms with Crippen LogP contribution < -0.4 is 5.73 Å². The van der Waals surface area contributed by atoms with Crippen molar-refractivity contribution in [1.29, 1.82) is 0 Å². The van der Waals surface area contributed by atoms with Gasteiger partial charge < -0.3 is 5.73 Å². The molecule has 0 aliphatic rings. The Morgan fingerprint density at radius 3 is 2.20 bits per heavy atom. The van der Waals surface area contributed by atoms with Crippen molar-refractivity contribution in [3.05, 3.63) is 41.7 Å². The van der Waals surface area contributed by atoms with Crippen molar-refractivity contribution in [2.45, 2.75) is 9.79 Å². The van der Waals surface area contributed by atoms with Gasteiger partial charge in [0.05, 0.1) is 0 Å². The molecule has 0 radical (unpaired) electrons. The van der Waals surface area contributed by atoms with Crippen molar-refractivity contribution >= 4 is 29.3 Å². The number of hydrogen-bond donors (Lipinski definition) is 1. The second-order valence-corrected chi connectivity index (χ2v) is 4.42. The van der Waals surface area contributed by atoms with Crippen molar-refractivity contribution in [1.82, 2.24) is 9.97 Å². The van der Waals surface area contributed by atoms with Gasteiger partial charge in [0.15, 0.2) is 0 Å². The number of anilines is 1. The molecule has 2 aromatic rings. The Balaban J connectivity index is 2.15. The molecule has 0 spiro atoms. The predicted molar refractivity (Wildman–Crippen MR) is 62.0 cm³/mol. The number of nitrogens with zero attached hydrogens (tertiary/aromatic N) is 2. The van der Waals surface area contributed by atoms with Gasteiger partial charge in [0.25, 0.3) is 0 Å². The Morgan fingerprint density at radius 1 is 1.00 bits per heavy atom. The van der Waals surface area contributed by atoms with Crippen molar-refractivity contribution in [3.63, 3.8) is 0 Å². The number of aromatic nitrogens is 2. The number of benzene rings is 1. The maximum absolute atomic E-state index is 5.78. The van der Waals surface area contributed by atoms with Gasteiger partial charge >= 0.3 is 0 Å². The molecule has 0 aliphatic carbocycles. The van der Waals surface area contributed by atoms with Gasteiger partial charge in [0.2, 0.25) is 5.95 Å². The van der Waals surface area contributed by atoms with Crippen LogP contribution in [0.2, 0.25) is 5.02 Å². The van der Waals surface area contributed by atoms with Crippen LogP contribution in [0, 0.1) is 0 Å². The van der Waals surface area contributed by atoms with Crippen LogP contribution in [0.1, 0.15) is 0 Å². The van der Waals surface area contributed by atoms with E-state index in [2.05, 4.69) is 9.97 Å². The van der Waals surface area contributed by atoms with E-state index < -0.39 is 0 Å². The van der Waals surface area contributed by atoms with Crippen LogP contribution in [0.25, 0.3) is 0 Å². The van der Waals surface area contributed by atoms with Gasteiger partial charge in [-0.2, -0.15) is 0 Å². The van der Waals surface area contributed by atoms with Crippen LogP contribution in [0.5, 0.6) is 0 Å². The van der Waals surface area contributed by atoms with Crippen molar-refractivity contribution in [3.8, 4) is 0 Å². The molecule has 1 aromatic carbocycles. The first-order valence-corrected chi connectivity index (χ1v) is 5.44. The summed E-state index contributed by atoms with van der Waals surface area (Å²) in [4.78, 5) is 9.87. The zero-order valence-electron chi connectivity index (χ0n) is 7.72. The average Bonchev–Trinajstić information content (AvgIpc) is 2.25. The Labute approximate surface area is 96.7 Å². The molecule has 0 unspecified atom stereocenters. The standard InChI is InChI=1S/C10H8ClN3S/c11-7-1-3-8(4-2-7)15-9-5-13-10(12)14-6-9/h1-6H,(H2,12,13,14). The first kappa shape index (κ1) is 10.3. The summed E-state index contributed by atoms with van der Waals surface area (Å²) in [5.41, 5.74) is 5.39. The van der Waals surface area contributed by atoms with Crippen LogP contribution in [0.3, 0.4) is 0 Å². The molecule has 2 rings (SSSR count). The van der Waals surface area contributed by atoms with E-state index in [1.165, 1.54) is 0 Å². The molecule has 0 aliphatic heterocycles. The topological polar surface area (TPSA) is 51.8 Å². The zero-order chi connectivity index (χ0) is 10.7. The summed E-state index contributed by atoms with van der Waals surface area (Å²) in [5.74, 6) is 0.287. The maximum Gasteiger partial charge on any atom is 0.219 e. The van der Waals surface area contributed by atoms with Gasteiger partial charge in [0.1, 0.15) is 0 Å². The summed E-state index contributed by atoms with van der Waals surface area (Å²) in [6, 6.07) is 7.59. The van der Waals surface area contributed by atoms with Crippen molar-refractivity contribution in [2.24, 2.45) is 0 Å². The Morgan fingerprint density at radius 2 is 1.60 bits per heavy atom. The van der Waals surface area contributed by atoms with Gasteiger partial charge in [-0.25, -0.2) is 9.97 Å². The molecule has 1 aromatic heterocycles.